The third-order valence-electron chi connectivity index (χ3n) is 8.00. The van der Waals surface area contributed by atoms with Gasteiger partial charge in [-0.2, -0.15) is 0 Å². The van der Waals surface area contributed by atoms with Gasteiger partial charge in [0.25, 0.3) is 5.91 Å². The number of allylic oxidation sites excluding steroid dienone is 1. The second kappa shape index (κ2) is 9.51. The van der Waals surface area contributed by atoms with Crippen molar-refractivity contribution in [2.45, 2.75) is 38.1 Å². The third-order valence-corrected chi connectivity index (χ3v) is 9.04. The first-order valence-corrected chi connectivity index (χ1v) is 14.2. The number of nitrogens with one attached hydrogen (secondary N) is 1. The average Bonchev–Trinajstić information content (AvgIpc) is 3.73. The standard InChI is InChI=1S/C31H31N3O2S/c35-29(12-10-23-8-9-24(37-23)20-33-15-3-4-16-33)34-17-13-26-25-5-1-2-6-27(25)32-30(26)31(34)22-7-11-28-21(19-22)14-18-36-28/h1-2,5-12,19,26,32H,3-4,13-18,20H2/b12-10+. The minimum Gasteiger partial charge on any atom is -0.493 e. The molecule has 0 aliphatic carbocycles. The highest BCUT2D eigenvalue weighted by atomic mass is 32.1. The van der Waals surface area contributed by atoms with Gasteiger partial charge in [-0.05, 0) is 86.0 Å². The van der Waals surface area contributed by atoms with E-state index < -0.39 is 0 Å². The van der Waals surface area contributed by atoms with E-state index in [2.05, 4.69) is 64.8 Å². The lowest BCUT2D eigenvalue weighted by Crippen LogP contribution is -2.35. The molecule has 4 aliphatic heterocycles. The van der Waals surface area contributed by atoms with Crippen LogP contribution in [0.25, 0.3) is 11.8 Å². The average molecular weight is 510 g/mol. The molecule has 37 heavy (non-hydrogen) atoms. The maximum Gasteiger partial charge on any atom is 0.251 e. The summed E-state index contributed by atoms with van der Waals surface area (Å²) in [5, 5.41) is 3.68. The lowest BCUT2D eigenvalue weighted by atomic mass is 9.88. The zero-order valence-corrected chi connectivity index (χ0v) is 21.7. The highest BCUT2D eigenvalue weighted by Gasteiger charge is 2.37. The van der Waals surface area contributed by atoms with Crippen molar-refractivity contribution in [2.24, 2.45) is 0 Å². The quantitative estimate of drug-likeness (QED) is 0.422. The number of nitrogens with zero attached hydrogens (tertiary/aromatic N) is 2. The summed E-state index contributed by atoms with van der Waals surface area (Å²) in [5.74, 6) is 1.28. The third kappa shape index (κ3) is 4.28. The van der Waals surface area contributed by atoms with E-state index >= 15 is 0 Å². The number of hydrogen-bond donors (Lipinski definition) is 1. The van der Waals surface area contributed by atoms with E-state index in [1.165, 1.54) is 41.9 Å². The molecule has 0 spiro atoms. The maximum atomic E-state index is 13.7. The fraction of sp³-hybridized carbons (Fsp3) is 0.323. The van der Waals surface area contributed by atoms with Gasteiger partial charge in [0.15, 0.2) is 0 Å². The lowest BCUT2D eigenvalue weighted by Gasteiger charge is -2.34. The van der Waals surface area contributed by atoms with Crippen LogP contribution < -0.4 is 10.1 Å². The molecule has 0 bridgehead atoms. The Morgan fingerprint density at radius 3 is 2.89 bits per heavy atom. The van der Waals surface area contributed by atoms with Crippen molar-refractivity contribution in [1.82, 2.24) is 9.80 Å². The highest BCUT2D eigenvalue weighted by Crippen LogP contribution is 2.47. The lowest BCUT2D eigenvalue weighted by molar-refractivity contribution is -0.123. The van der Waals surface area contributed by atoms with Gasteiger partial charge in [0.05, 0.1) is 12.3 Å². The van der Waals surface area contributed by atoms with Crippen molar-refractivity contribution >= 4 is 34.7 Å². The Hall–Kier alpha value is -3.35. The molecule has 6 heteroatoms. The SMILES string of the molecule is O=C(/C=C/c1ccc(CN2CCCC2)s1)N1CCC2C(=C1c1ccc3c(c1)CCO3)Nc1ccccc12. The summed E-state index contributed by atoms with van der Waals surface area (Å²) in [6.07, 6.45) is 8.17. The number of carbonyl (C=O) groups is 1. The number of hydrogen-bond acceptors (Lipinski definition) is 5. The molecule has 1 saturated heterocycles. The van der Waals surface area contributed by atoms with E-state index in [9.17, 15) is 4.79 Å². The van der Waals surface area contributed by atoms with E-state index in [4.69, 9.17) is 4.74 Å². The summed E-state index contributed by atoms with van der Waals surface area (Å²) in [4.78, 5) is 20.7. The molecule has 0 radical (unpaired) electrons. The van der Waals surface area contributed by atoms with Crippen LogP contribution in [-0.4, -0.2) is 41.9 Å². The van der Waals surface area contributed by atoms with Gasteiger partial charge in [-0.15, -0.1) is 11.3 Å². The zero-order valence-electron chi connectivity index (χ0n) is 20.9. The first-order valence-electron chi connectivity index (χ1n) is 13.4. The molecule has 3 aromatic rings. The normalized spacial score (nSPS) is 20.6. The van der Waals surface area contributed by atoms with Gasteiger partial charge in [-0.3, -0.25) is 9.69 Å². The molecular weight excluding hydrogens is 478 g/mol. The van der Waals surface area contributed by atoms with Crippen LogP contribution in [-0.2, 0) is 17.8 Å². The summed E-state index contributed by atoms with van der Waals surface area (Å²) in [7, 11) is 0. The van der Waals surface area contributed by atoms with Gasteiger partial charge in [-0.25, -0.2) is 0 Å². The van der Waals surface area contributed by atoms with Gasteiger partial charge in [0, 0.05) is 58.2 Å². The maximum absolute atomic E-state index is 13.7. The first-order chi connectivity index (χ1) is 18.2. The van der Waals surface area contributed by atoms with E-state index in [1.807, 2.05) is 11.0 Å². The number of ether oxygens (including phenoxy) is 1. The van der Waals surface area contributed by atoms with Gasteiger partial charge >= 0.3 is 0 Å². The summed E-state index contributed by atoms with van der Waals surface area (Å²) in [5.41, 5.74) is 6.91. The van der Waals surface area contributed by atoms with Crippen LogP contribution in [0.2, 0.25) is 0 Å². The molecule has 1 unspecified atom stereocenters. The number of fused-ring (bicyclic) bond motifs is 4. The van der Waals surface area contributed by atoms with E-state index in [1.54, 1.807) is 17.4 Å². The zero-order chi connectivity index (χ0) is 24.8. The monoisotopic (exact) mass is 509 g/mol. The Labute approximate surface area is 222 Å². The van der Waals surface area contributed by atoms with Crippen LogP contribution in [0.15, 0.2) is 66.4 Å². The molecule has 5 nitrogen and oxygen atoms in total. The molecule has 1 fully saturated rings. The van der Waals surface area contributed by atoms with Crippen molar-refractivity contribution in [3.8, 4) is 5.75 Å². The highest BCUT2D eigenvalue weighted by molar-refractivity contribution is 7.12. The molecule has 188 valence electrons. The summed E-state index contributed by atoms with van der Waals surface area (Å²) in [6.45, 7) is 4.83. The number of thiophene rings is 1. The predicted molar refractivity (Wildman–Crippen MR) is 150 cm³/mol. The van der Waals surface area contributed by atoms with Crippen LogP contribution in [0.1, 0.15) is 51.6 Å². The number of para-hydroxylation sites is 1. The molecule has 5 heterocycles. The number of likely N-dealkylation sites (tertiary alicyclic amines) is 1. The Morgan fingerprint density at radius 2 is 1.97 bits per heavy atom. The largest absolute Gasteiger partial charge is 0.493 e. The Balaban J connectivity index is 1.19. The number of anilines is 1. The number of amides is 1. The minimum absolute atomic E-state index is 0.0324. The fourth-order valence-electron chi connectivity index (χ4n) is 6.18. The van der Waals surface area contributed by atoms with Crippen molar-refractivity contribution in [3.63, 3.8) is 0 Å². The number of benzene rings is 2. The van der Waals surface area contributed by atoms with E-state index in [-0.39, 0.29) is 11.8 Å². The molecule has 1 aromatic heterocycles. The van der Waals surface area contributed by atoms with Crippen LogP contribution in [0.4, 0.5) is 5.69 Å². The van der Waals surface area contributed by atoms with Crippen molar-refractivity contribution < 1.29 is 9.53 Å². The van der Waals surface area contributed by atoms with Gasteiger partial charge in [0.1, 0.15) is 5.75 Å². The summed E-state index contributed by atoms with van der Waals surface area (Å²) >= 11 is 1.79. The summed E-state index contributed by atoms with van der Waals surface area (Å²) < 4.78 is 5.76. The Morgan fingerprint density at radius 1 is 1.08 bits per heavy atom. The van der Waals surface area contributed by atoms with E-state index in [0.717, 1.165) is 59.3 Å². The minimum atomic E-state index is 0.0324. The van der Waals surface area contributed by atoms with Gasteiger partial charge in [0.2, 0.25) is 0 Å². The van der Waals surface area contributed by atoms with Gasteiger partial charge in [-0.1, -0.05) is 18.2 Å². The molecule has 7 rings (SSSR count). The molecule has 0 saturated carbocycles. The molecule has 4 aliphatic rings. The van der Waals surface area contributed by atoms with Crippen molar-refractivity contribution in [3.05, 3.63) is 92.8 Å². The van der Waals surface area contributed by atoms with Crippen LogP contribution >= 0.6 is 11.3 Å². The number of rotatable bonds is 5. The van der Waals surface area contributed by atoms with Crippen LogP contribution in [0.3, 0.4) is 0 Å². The fourth-order valence-corrected chi connectivity index (χ4v) is 7.14. The topological polar surface area (TPSA) is 44.8 Å². The molecule has 1 N–H and O–H groups in total. The van der Waals surface area contributed by atoms with E-state index in [0.29, 0.717) is 6.54 Å². The Kier molecular flexibility index (Phi) is 5.86. The van der Waals surface area contributed by atoms with Crippen molar-refractivity contribution in [1.29, 1.82) is 0 Å². The van der Waals surface area contributed by atoms with Crippen molar-refractivity contribution in [2.75, 3.05) is 31.6 Å². The first kappa shape index (κ1) is 22.8. The summed E-state index contributed by atoms with van der Waals surface area (Å²) in [6, 6.07) is 19.2. The second-order valence-corrected chi connectivity index (χ2v) is 11.5. The van der Waals surface area contributed by atoms with Gasteiger partial charge < -0.3 is 15.0 Å². The molecule has 1 amide bonds. The molecule has 1 atom stereocenters. The molecular formula is C31H31N3O2S. The number of carbonyl (C=O) groups excluding carboxylic acids is 1. The Bertz CT molecular complexity index is 1420. The van der Waals surface area contributed by atoms with Crippen LogP contribution in [0.5, 0.6) is 5.75 Å². The molecule has 2 aromatic carbocycles. The van der Waals surface area contributed by atoms with Crippen LogP contribution in [0, 0.1) is 0 Å². The second-order valence-electron chi connectivity index (χ2n) is 10.3. The smallest absolute Gasteiger partial charge is 0.251 e. The predicted octanol–water partition coefficient (Wildman–Crippen LogP) is 6.10.